The minimum Gasteiger partial charge on any atom is -0.468 e. The van der Waals surface area contributed by atoms with E-state index in [4.69, 9.17) is 4.42 Å². The van der Waals surface area contributed by atoms with Crippen LogP contribution in [-0.2, 0) is 13.0 Å². The zero-order chi connectivity index (χ0) is 7.90. The third-order valence-corrected chi connectivity index (χ3v) is 2.20. The lowest BCUT2D eigenvalue weighted by molar-refractivity contribution is 0.330. The van der Waals surface area contributed by atoms with Crippen LogP contribution in [0.2, 0.25) is 0 Å². The normalized spacial score (nSPS) is 21.3. The average Bonchev–Trinajstić information content (AvgIpc) is 2.31. The number of fused-ring (bicyclic) bond motifs is 1. The smallest absolute Gasteiger partial charge is 0.120 e. The van der Waals surface area contributed by atoms with Gasteiger partial charge in [-0.25, -0.2) is 0 Å². The Bertz CT molecular complexity index is 262. The Kier molecular flexibility index (Phi) is 1.33. The first-order valence-electron chi connectivity index (χ1n) is 3.98. The molecule has 1 N–H and O–H groups in total. The van der Waals surface area contributed by atoms with Crippen LogP contribution < -0.4 is 5.32 Å². The minimum absolute atomic E-state index is 0.233. The quantitative estimate of drug-likeness (QED) is 0.610. The fraction of sp³-hybridized carbons (Fsp3) is 0.556. The maximum absolute atomic E-state index is 5.29. The molecular formula is C9H13NO. The van der Waals surface area contributed by atoms with Crippen LogP contribution in [0, 0.1) is 0 Å². The van der Waals surface area contributed by atoms with Gasteiger partial charge in [0.05, 0.1) is 12.8 Å². The van der Waals surface area contributed by atoms with Crippen molar-refractivity contribution in [3.8, 4) is 0 Å². The lowest BCUT2D eigenvalue weighted by Gasteiger charge is -2.30. The number of rotatable bonds is 0. The predicted molar refractivity (Wildman–Crippen MR) is 43.3 cm³/mol. The van der Waals surface area contributed by atoms with Gasteiger partial charge in [-0.2, -0.15) is 0 Å². The molecule has 2 heteroatoms. The van der Waals surface area contributed by atoms with Crippen LogP contribution in [0.15, 0.2) is 16.7 Å². The molecular weight excluding hydrogens is 138 g/mol. The molecule has 0 spiro atoms. The molecule has 1 aromatic rings. The average molecular weight is 151 g/mol. The molecule has 0 radical (unpaired) electrons. The van der Waals surface area contributed by atoms with Gasteiger partial charge in [0.1, 0.15) is 5.76 Å². The topological polar surface area (TPSA) is 25.2 Å². The Balaban J connectivity index is 2.32. The molecule has 11 heavy (non-hydrogen) atoms. The van der Waals surface area contributed by atoms with E-state index in [2.05, 4.69) is 25.2 Å². The summed E-state index contributed by atoms with van der Waals surface area (Å²) in [4.78, 5) is 0. The first-order chi connectivity index (χ1) is 5.17. The molecule has 0 fully saturated rings. The SMILES string of the molecule is CC1(C)Cc2ccoc2CN1. The van der Waals surface area contributed by atoms with Crippen molar-refractivity contribution in [3.63, 3.8) is 0 Å². The highest BCUT2D eigenvalue weighted by Crippen LogP contribution is 2.22. The molecule has 0 amide bonds. The van der Waals surface area contributed by atoms with E-state index in [1.807, 2.05) is 0 Å². The van der Waals surface area contributed by atoms with Crippen LogP contribution in [0.5, 0.6) is 0 Å². The van der Waals surface area contributed by atoms with E-state index >= 15 is 0 Å². The van der Waals surface area contributed by atoms with Gasteiger partial charge in [-0.15, -0.1) is 0 Å². The van der Waals surface area contributed by atoms with Crippen LogP contribution in [-0.4, -0.2) is 5.54 Å². The monoisotopic (exact) mass is 151 g/mol. The van der Waals surface area contributed by atoms with Gasteiger partial charge >= 0.3 is 0 Å². The van der Waals surface area contributed by atoms with Crippen LogP contribution in [0.3, 0.4) is 0 Å². The second-order valence-corrected chi connectivity index (χ2v) is 3.78. The largest absolute Gasteiger partial charge is 0.468 e. The van der Waals surface area contributed by atoms with Crippen LogP contribution in [0.4, 0.5) is 0 Å². The van der Waals surface area contributed by atoms with Crippen molar-refractivity contribution in [3.05, 3.63) is 23.7 Å². The van der Waals surface area contributed by atoms with Crippen LogP contribution in [0.1, 0.15) is 25.2 Å². The Morgan fingerprint density at radius 2 is 2.36 bits per heavy atom. The van der Waals surface area contributed by atoms with Crippen LogP contribution >= 0.6 is 0 Å². The molecule has 0 aliphatic carbocycles. The molecule has 0 atom stereocenters. The summed E-state index contributed by atoms with van der Waals surface area (Å²) >= 11 is 0. The molecule has 0 bridgehead atoms. The molecule has 0 aromatic carbocycles. The maximum atomic E-state index is 5.29. The Labute approximate surface area is 66.6 Å². The summed E-state index contributed by atoms with van der Waals surface area (Å²) in [5.74, 6) is 1.10. The van der Waals surface area contributed by atoms with Crippen molar-refractivity contribution >= 4 is 0 Å². The first-order valence-corrected chi connectivity index (χ1v) is 3.98. The molecule has 0 saturated heterocycles. The fourth-order valence-corrected chi connectivity index (χ4v) is 1.54. The van der Waals surface area contributed by atoms with Crippen molar-refractivity contribution in [2.75, 3.05) is 0 Å². The summed E-state index contributed by atoms with van der Waals surface area (Å²) in [6.45, 7) is 5.29. The van der Waals surface area contributed by atoms with Gasteiger partial charge in [0, 0.05) is 5.54 Å². The molecule has 1 aliphatic heterocycles. The number of nitrogens with one attached hydrogen (secondary N) is 1. The van der Waals surface area contributed by atoms with E-state index in [-0.39, 0.29) is 5.54 Å². The second kappa shape index (κ2) is 2.11. The molecule has 2 nitrogen and oxygen atoms in total. The Hall–Kier alpha value is -0.760. The van der Waals surface area contributed by atoms with E-state index < -0.39 is 0 Å². The molecule has 0 saturated carbocycles. The highest BCUT2D eigenvalue weighted by Gasteiger charge is 2.25. The molecule has 2 heterocycles. The van der Waals surface area contributed by atoms with Crippen molar-refractivity contribution in [1.82, 2.24) is 5.32 Å². The maximum Gasteiger partial charge on any atom is 0.120 e. The van der Waals surface area contributed by atoms with Crippen molar-refractivity contribution in [2.45, 2.75) is 32.4 Å². The van der Waals surface area contributed by atoms with Gasteiger partial charge in [-0.05, 0) is 31.9 Å². The first kappa shape index (κ1) is 6.92. The third-order valence-electron chi connectivity index (χ3n) is 2.20. The zero-order valence-electron chi connectivity index (χ0n) is 6.98. The third kappa shape index (κ3) is 1.18. The number of furan rings is 1. The van der Waals surface area contributed by atoms with Crippen molar-refractivity contribution in [2.24, 2.45) is 0 Å². The Morgan fingerprint density at radius 3 is 3.18 bits per heavy atom. The van der Waals surface area contributed by atoms with E-state index in [1.54, 1.807) is 6.26 Å². The van der Waals surface area contributed by atoms with Gasteiger partial charge in [0.2, 0.25) is 0 Å². The standard InChI is InChI=1S/C9H13NO/c1-9(2)5-7-3-4-11-8(7)6-10-9/h3-4,10H,5-6H2,1-2H3. The lowest BCUT2D eigenvalue weighted by Crippen LogP contribution is -2.43. The van der Waals surface area contributed by atoms with Crippen LogP contribution in [0.25, 0.3) is 0 Å². The second-order valence-electron chi connectivity index (χ2n) is 3.78. The summed E-state index contributed by atoms with van der Waals surface area (Å²) in [5.41, 5.74) is 1.59. The summed E-state index contributed by atoms with van der Waals surface area (Å²) in [6, 6.07) is 2.07. The minimum atomic E-state index is 0.233. The summed E-state index contributed by atoms with van der Waals surface area (Å²) in [5, 5.41) is 3.41. The van der Waals surface area contributed by atoms with E-state index in [0.29, 0.717) is 0 Å². The summed E-state index contributed by atoms with van der Waals surface area (Å²) in [7, 11) is 0. The van der Waals surface area contributed by atoms with E-state index in [9.17, 15) is 0 Å². The van der Waals surface area contributed by atoms with Gasteiger partial charge in [0.15, 0.2) is 0 Å². The predicted octanol–water partition coefficient (Wildman–Crippen LogP) is 1.70. The highest BCUT2D eigenvalue weighted by molar-refractivity contribution is 5.22. The lowest BCUT2D eigenvalue weighted by atomic mass is 9.92. The molecule has 60 valence electrons. The molecule has 2 rings (SSSR count). The van der Waals surface area contributed by atoms with E-state index in [1.165, 1.54) is 5.56 Å². The van der Waals surface area contributed by atoms with Gasteiger partial charge in [0.25, 0.3) is 0 Å². The summed E-state index contributed by atoms with van der Waals surface area (Å²) < 4.78 is 5.29. The zero-order valence-corrected chi connectivity index (χ0v) is 6.98. The molecule has 1 aromatic heterocycles. The summed E-state index contributed by atoms with van der Waals surface area (Å²) in [6.07, 6.45) is 2.84. The van der Waals surface area contributed by atoms with Crippen molar-refractivity contribution in [1.29, 1.82) is 0 Å². The molecule has 0 unspecified atom stereocenters. The van der Waals surface area contributed by atoms with E-state index in [0.717, 1.165) is 18.7 Å². The van der Waals surface area contributed by atoms with Gasteiger partial charge < -0.3 is 9.73 Å². The van der Waals surface area contributed by atoms with Gasteiger partial charge in [-0.3, -0.25) is 0 Å². The van der Waals surface area contributed by atoms with Crippen molar-refractivity contribution < 1.29 is 4.42 Å². The highest BCUT2D eigenvalue weighted by atomic mass is 16.3. The Morgan fingerprint density at radius 1 is 1.55 bits per heavy atom. The van der Waals surface area contributed by atoms with Gasteiger partial charge in [-0.1, -0.05) is 0 Å². The number of hydrogen-bond donors (Lipinski definition) is 1. The molecule has 1 aliphatic rings. The fourth-order valence-electron chi connectivity index (χ4n) is 1.54. The number of hydrogen-bond acceptors (Lipinski definition) is 2.